The molecule has 1 aromatic rings. The van der Waals surface area contributed by atoms with Crippen LogP contribution in [-0.4, -0.2) is 11.2 Å². The van der Waals surface area contributed by atoms with Crippen molar-refractivity contribution in [1.29, 1.82) is 0 Å². The van der Waals surface area contributed by atoms with Crippen LogP contribution in [0.1, 0.15) is 37.7 Å². The maximum atomic E-state index is 10.3. The lowest BCUT2D eigenvalue weighted by Crippen LogP contribution is -2.26. The van der Waals surface area contributed by atoms with Gasteiger partial charge in [0.2, 0.25) is 0 Å². The average molecular weight is 236 g/mol. The second kappa shape index (κ2) is 4.50. The summed E-state index contributed by atoms with van der Waals surface area (Å²) < 4.78 is 0. The van der Waals surface area contributed by atoms with Crippen LogP contribution in [0.3, 0.4) is 0 Å². The number of rotatable bonds is 4. The van der Waals surface area contributed by atoms with Crippen molar-refractivity contribution in [1.82, 2.24) is 0 Å². The van der Waals surface area contributed by atoms with Crippen molar-refractivity contribution in [3.8, 4) is 0 Å². The van der Waals surface area contributed by atoms with Crippen molar-refractivity contribution < 1.29 is 5.11 Å². The number of thiophene rings is 1. The van der Waals surface area contributed by atoms with Gasteiger partial charge in [0.15, 0.2) is 0 Å². The number of aryl methyl sites for hydroxylation is 1. The Morgan fingerprint density at radius 2 is 2.31 bits per heavy atom. The van der Waals surface area contributed by atoms with Gasteiger partial charge in [-0.05, 0) is 72.2 Å². The molecule has 3 rings (SSSR count). The second-order valence-electron chi connectivity index (χ2n) is 5.58. The summed E-state index contributed by atoms with van der Waals surface area (Å²) in [5.74, 6) is 2.42. The van der Waals surface area contributed by atoms with Crippen LogP contribution in [0.25, 0.3) is 0 Å². The molecule has 0 aliphatic heterocycles. The SMILES string of the molecule is OC(CCc1ccsc1)C1CC2CCC1C2. The van der Waals surface area contributed by atoms with Crippen LogP contribution in [-0.2, 0) is 6.42 Å². The standard InChI is InChI=1S/C14H20OS/c15-14(4-2-10-5-6-16-9-10)13-8-11-1-3-12(13)7-11/h5-6,9,11-15H,1-4,7-8H2. The van der Waals surface area contributed by atoms with Crippen LogP contribution >= 0.6 is 11.3 Å². The first kappa shape index (κ1) is 10.8. The fourth-order valence-electron chi connectivity index (χ4n) is 3.73. The van der Waals surface area contributed by atoms with Gasteiger partial charge >= 0.3 is 0 Å². The molecule has 88 valence electrons. The van der Waals surface area contributed by atoms with Gasteiger partial charge in [-0.15, -0.1) is 0 Å². The molecule has 0 saturated heterocycles. The van der Waals surface area contributed by atoms with Gasteiger partial charge in [-0.25, -0.2) is 0 Å². The van der Waals surface area contributed by atoms with Crippen LogP contribution in [0.2, 0.25) is 0 Å². The van der Waals surface area contributed by atoms with E-state index >= 15 is 0 Å². The summed E-state index contributed by atoms with van der Waals surface area (Å²) in [5, 5.41) is 14.6. The molecule has 2 saturated carbocycles. The highest BCUT2D eigenvalue weighted by Crippen LogP contribution is 2.50. The van der Waals surface area contributed by atoms with Crippen molar-refractivity contribution in [2.24, 2.45) is 17.8 Å². The molecule has 4 unspecified atom stereocenters. The van der Waals surface area contributed by atoms with Crippen molar-refractivity contribution in [2.45, 2.75) is 44.6 Å². The number of hydrogen-bond donors (Lipinski definition) is 1. The van der Waals surface area contributed by atoms with E-state index in [1.54, 1.807) is 11.3 Å². The Balaban J connectivity index is 1.52. The zero-order valence-corrected chi connectivity index (χ0v) is 10.5. The van der Waals surface area contributed by atoms with Gasteiger partial charge in [0.1, 0.15) is 0 Å². The Bertz CT molecular complexity index is 333. The summed E-state index contributed by atoms with van der Waals surface area (Å²) in [6.07, 6.45) is 7.48. The monoisotopic (exact) mass is 236 g/mol. The quantitative estimate of drug-likeness (QED) is 0.848. The summed E-state index contributed by atoms with van der Waals surface area (Å²) in [6, 6.07) is 2.18. The lowest BCUT2D eigenvalue weighted by atomic mass is 9.83. The molecule has 2 bridgehead atoms. The topological polar surface area (TPSA) is 20.2 Å². The minimum Gasteiger partial charge on any atom is -0.393 e. The largest absolute Gasteiger partial charge is 0.393 e. The highest BCUT2D eigenvalue weighted by molar-refractivity contribution is 7.07. The number of aliphatic hydroxyl groups excluding tert-OH is 1. The van der Waals surface area contributed by atoms with Crippen molar-refractivity contribution in [3.05, 3.63) is 22.4 Å². The highest BCUT2D eigenvalue weighted by Gasteiger charge is 2.42. The van der Waals surface area contributed by atoms with E-state index in [1.165, 1.54) is 31.2 Å². The molecule has 0 amide bonds. The third-order valence-corrected chi connectivity index (χ3v) is 5.33. The maximum Gasteiger partial charge on any atom is 0.0574 e. The van der Waals surface area contributed by atoms with E-state index in [4.69, 9.17) is 0 Å². The second-order valence-corrected chi connectivity index (χ2v) is 6.36. The van der Waals surface area contributed by atoms with E-state index in [1.807, 2.05) is 0 Å². The Labute approximate surface area is 102 Å². The van der Waals surface area contributed by atoms with Crippen LogP contribution in [0.15, 0.2) is 16.8 Å². The summed E-state index contributed by atoms with van der Waals surface area (Å²) in [4.78, 5) is 0. The molecule has 16 heavy (non-hydrogen) atoms. The molecule has 4 atom stereocenters. The van der Waals surface area contributed by atoms with E-state index in [-0.39, 0.29) is 6.10 Å². The van der Waals surface area contributed by atoms with Gasteiger partial charge < -0.3 is 5.11 Å². The fourth-order valence-corrected chi connectivity index (χ4v) is 4.43. The minimum atomic E-state index is -0.0461. The first-order chi connectivity index (χ1) is 7.83. The molecule has 2 heteroatoms. The lowest BCUT2D eigenvalue weighted by Gasteiger charge is -2.26. The predicted octanol–water partition coefficient (Wildman–Crippen LogP) is 3.48. The molecule has 1 nitrogen and oxygen atoms in total. The molecule has 0 spiro atoms. The van der Waals surface area contributed by atoms with E-state index < -0.39 is 0 Å². The van der Waals surface area contributed by atoms with E-state index in [9.17, 15) is 5.11 Å². The molecule has 1 N–H and O–H groups in total. The Hall–Kier alpha value is -0.340. The predicted molar refractivity (Wildman–Crippen MR) is 67.6 cm³/mol. The van der Waals surface area contributed by atoms with Crippen LogP contribution in [0, 0.1) is 17.8 Å². The molecular formula is C14H20OS. The first-order valence-electron chi connectivity index (χ1n) is 6.52. The smallest absolute Gasteiger partial charge is 0.0574 e. The zero-order valence-electron chi connectivity index (χ0n) is 9.64. The van der Waals surface area contributed by atoms with E-state index in [2.05, 4.69) is 16.8 Å². The molecule has 0 radical (unpaired) electrons. The minimum absolute atomic E-state index is 0.0461. The Morgan fingerprint density at radius 1 is 1.38 bits per heavy atom. The third kappa shape index (κ3) is 2.05. The van der Waals surface area contributed by atoms with Gasteiger partial charge in [0, 0.05) is 0 Å². The van der Waals surface area contributed by atoms with Gasteiger partial charge in [-0.1, -0.05) is 6.42 Å². The van der Waals surface area contributed by atoms with Crippen molar-refractivity contribution in [3.63, 3.8) is 0 Å². The van der Waals surface area contributed by atoms with Gasteiger partial charge in [0.25, 0.3) is 0 Å². The molecule has 2 fully saturated rings. The van der Waals surface area contributed by atoms with Crippen LogP contribution < -0.4 is 0 Å². The summed E-state index contributed by atoms with van der Waals surface area (Å²) >= 11 is 1.75. The average Bonchev–Trinajstić information content (AvgIpc) is 3.01. The Kier molecular flexibility index (Phi) is 3.03. The van der Waals surface area contributed by atoms with Crippen molar-refractivity contribution >= 4 is 11.3 Å². The van der Waals surface area contributed by atoms with Crippen LogP contribution in [0.4, 0.5) is 0 Å². The van der Waals surface area contributed by atoms with Gasteiger partial charge in [-0.2, -0.15) is 11.3 Å². The van der Waals surface area contributed by atoms with E-state index in [0.717, 1.165) is 24.7 Å². The molecule has 1 aromatic heterocycles. The zero-order chi connectivity index (χ0) is 11.0. The molecule has 0 aromatic carbocycles. The molecule has 1 heterocycles. The molecular weight excluding hydrogens is 216 g/mol. The number of fused-ring (bicyclic) bond motifs is 2. The number of hydrogen-bond acceptors (Lipinski definition) is 2. The lowest BCUT2D eigenvalue weighted by molar-refractivity contribution is 0.0678. The third-order valence-electron chi connectivity index (χ3n) is 4.60. The van der Waals surface area contributed by atoms with Gasteiger partial charge in [0.05, 0.1) is 6.10 Å². The Morgan fingerprint density at radius 3 is 2.94 bits per heavy atom. The normalized spacial score (nSPS) is 34.4. The molecule has 2 aliphatic rings. The molecule has 2 aliphatic carbocycles. The van der Waals surface area contributed by atoms with E-state index in [0.29, 0.717) is 5.92 Å². The highest BCUT2D eigenvalue weighted by atomic mass is 32.1. The maximum absolute atomic E-state index is 10.3. The van der Waals surface area contributed by atoms with Crippen molar-refractivity contribution in [2.75, 3.05) is 0 Å². The number of aliphatic hydroxyl groups is 1. The summed E-state index contributed by atoms with van der Waals surface area (Å²) in [6.45, 7) is 0. The van der Waals surface area contributed by atoms with Crippen LogP contribution in [0.5, 0.6) is 0 Å². The first-order valence-corrected chi connectivity index (χ1v) is 7.46. The summed E-state index contributed by atoms with van der Waals surface area (Å²) in [7, 11) is 0. The fraction of sp³-hybridized carbons (Fsp3) is 0.714. The summed E-state index contributed by atoms with van der Waals surface area (Å²) in [5.41, 5.74) is 1.40. The van der Waals surface area contributed by atoms with Gasteiger partial charge in [-0.3, -0.25) is 0 Å².